The number of carboxylic acids is 1. The van der Waals surface area contributed by atoms with Gasteiger partial charge in [0.25, 0.3) is 0 Å². The summed E-state index contributed by atoms with van der Waals surface area (Å²) in [5.41, 5.74) is 0.630. The van der Waals surface area contributed by atoms with Crippen LogP contribution in [0.1, 0.15) is 19.4 Å². The zero-order chi connectivity index (χ0) is 12.8. The molecule has 0 atom stereocenters. The van der Waals surface area contributed by atoms with E-state index in [1.54, 1.807) is 6.07 Å². The van der Waals surface area contributed by atoms with Crippen LogP contribution in [-0.2, 0) is 4.79 Å². The second-order valence-corrected chi connectivity index (χ2v) is 4.10. The first-order valence-corrected chi connectivity index (χ1v) is 5.36. The predicted molar refractivity (Wildman–Crippen MR) is 65.1 cm³/mol. The molecule has 92 valence electrons. The zero-order valence-electron chi connectivity index (χ0n) is 9.88. The Kier molecular flexibility index (Phi) is 4.57. The molecule has 0 saturated carbocycles. The third-order valence-corrected chi connectivity index (χ3v) is 1.97. The summed E-state index contributed by atoms with van der Waals surface area (Å²) in [6, 6.07) is 4.58. The monoisotopic (exact) mass is 236 g/mol. The molecule has 0 spiro atoms. The van der Waals surface area contributed by atoms with Gasteiger partial charge < -0.3 is 14.9 Å². The second kappa shape index (κ2) is 5.94. The first kappa shape index (κ1) is 13.1. The Bertz CT molecular complexity index is 421. The van der Waals surface area contributed by atoms with Gasteiger partial charge in [-0.15, -0.1) is 0 Å². The topological polar surface area (TPSA) is 66.8 Å². The summed E-state index contributed by atoms with van der Waals surface area (Å²) in [5.74, 6) is -0.0889. The van der Waals surface area contributed by atoms with Crippen LogP contribution < -0.4 is 4.74 Å². The van der Waals surface area contributed by atoms with Crippen molar-refractivity contribution in [3.8, 4) is 11.5 Å². The van der Waals surface area contributed by atoms with Crippen molar-refractivity contribution in [1.29, 1.82) is 0 Å². The molecule has 0 aliphatic rings. The van der Waals surface area contributed by atoms with E-state index in [2.05, 4.69) is 0 Å². The zero-order valence-corrected chi connectivity index (χ0v) is 9.88. The van der Waals surface area contributed by atoms with Gasteiger partial charge in [-0.25, -0.2) is 4.79 Å². The number of phenols is 1. The Balaban J connectivity index is 2.91. The van der Waals surface area contributed by atoms with Crippen molar-refractivity contribution >= 4 is 12.0 Å². The normalized spacial score (nSPS) is 11.0. The fourth-order valence-corrected chi connectivity index (χ4v) is 1.20. The molecule has 0 heterocycles. The van der Waals surface area contributed by atoms with Gasteiger partial charge in [-0.05, 0) is 24.1 Å². The highest BCUT2D eigenvalue weighted by Gasteiger charge is 2.04. The van der Waals surface area contributed by atoms with E-state index in [-0.39, 0.29) is 5.75 Å². The summed E-state index contributed by atoms with van der Waals surface area (Å²) >= 11 is 0. The minimum atomic E-state index is -1.02. The molecule has 0 amide bonds. The first-order valence-electron chi connectivity index (χ1n) is 5.36. The maximum Gasteiger partial charge on any atom is 0.328 e. The molecule has 0 radical (unpaired) electrons. The molecule has 17 heavy (non-hydrogen) atoms. The summed E-state index contributed by atoms with van der Waals surface area (Å²) in [5, 5.41) is 17.9. The van der Waals surface area contributed by atoms with Crippen LogP contribution in [-0.4, -0.2) is 22.8 Å². The molecule has 4 heteroatoms. The number of benzene rings is 1. The number of aliphatic carboxylic acids is 1. The largest absolute Gasteiger partial charge is 0.508 e. The number of hydrogen-bond acceptors (Lipinski definition) is 3. The van der Waals surface area contributed by atoms with Crippen LogP contribution in [0.3, 0.4) is 0 Å². The molecule has 1 aromatic rings. The Morgan fingerprint density at radius 3 is 2.76 bits per heavy atom. The van der Waals surface area contributed by atoms with Crippen LogP contribution in [0.2, 0.25) is 0 Å². The quantitative estimate of drug-likeness (QED) is 0.771. The van der Waals surface area contributed by atoms with Gasteiger partial charge in [0.15, 0.2) is 0 Å². The summed E-state index contributed by atoms with van der Waals surface area (Å²) in [4.78, 5) is 10.4. The van der Waals surface area contributed by atoms with Gasteiger partial charge in [0.1, 0.15) is 11.5 Å². The molecule has 0 aliphatic carbocycles. The van der Waals surface area contributed by atoms with E-state index < -0.39 is 5.97 Å². The number of carbonyl (C=O) groups is 1. The van der Waals surface area contributed by atoms with Crippen molar-refractivity contribution < 1.29 is 19.7 Å². The van der Waals surface area contributed by atoms with Crippen LogP contribution >= 0.6 is 0 Å². The SMILES string of the molecule is CC(C)COc1cc(O)ccc1C=CC(=O)O. The molecule has 2 N–H and O–H groups in total. The number of phenolic OH excluding ortho intramolecular Hbond substituents is 1. The maximum atomic E-state index is 10.4. The number of ether oxygens (including phenoxy) is 1. The molecule has 1 aromatic carbocycles. The van der Waals surface area contributed by atoms with Crippen molar-refractivity contribution in [1.82, 2.24) is 0 Å². The molecule has 0 saturated heterocycles. The van der Waals surface area contributed by atoms with Crippen LogP contribution in [0.5, 0.6) is 11.5 Å². The van der Waals surface area contributed by atoms with Gasteiger partial charge in [-0.3, -0.25) is 0 Å². The molecule has 0 aromatic heterocycles. The van der Waals surface area contributed by atoms with Crippen molar-refractivity contribution in [3.63, 3.8) is 0 Å². The van der Waals surface area contributed by atoms with E-state index in [1.807, 2.05) is 13.8 Å². The number of aromatic hydroxyl groups is 1. The lowest BCUT2D eigenvalue weighted by Crippen LogP contribution is -2.05. The fraction of sp³-hybridized carbons (Fsp3) is 0.308. The summed E-state index contributed by atoms with van der Waals surface area (Å²) < 4.78 is 5.51. The lowest BCUT2D eigenvalue weighted by Gasteiger charge is -2.11. The van der Waals surface area contributed by atoms with Gasteiger partial charge in [0.05, 0.1) is 6.61 Å². The molecule has 4 nitrogen and oxygen atoms in total. The average molecular weight is 236 g/mol. The molecule has 1 rings (SSSR count). The van der Waals surface area contributed by atoms with Crippen molar-refractivity contribution in [2.24, 2.45) is 5.92 Å². The highest BCUT2D eigenvalue weighted by Crippen LogP contribution is 2.25. The van der Waals surface area contributed by atoms with Gasteiger partial charge in [0.2, 0.25) is 0 Å². The fourth-order valence-electron chi connectivity index (χ4n) is 1.20. The lowest BCUT2D eigenvalue weighted by atomic mass is 10.1. The predicted octanol–water partition coefficient (Wildman–Crippen LogP) is 2.52. The van der Waals surface area contributed by atoms with E-state index >= 15 is 0 Å². The summed E-state index contributed by atoms with van der Waals surface area (Å²) in [7, 11) is 0. The third kappa shape index (κ3) is 4.59. The van der Waals surface area contributed by atoms with Gasteiger partial charge in [-0.2, -0.15) is 0 Å². The van der Waals surface area contributed by atoms with Crippen LogP contribution in [0.25, 0.3) is 6.08 Å². The average Bonchev–Trinajstić information content (AvgIpc) is 2.24. The Morgan fingerprint density at radius 1 is 1.47 bits per heavy atom. The first-order chi connectivity index (χ1) is 7.99. The van der Waals surface area contributed by atoms with E-state index in [0.29, 0.717) is 23.8 Å². The van der Waals surface area contributed by atoms with Gasteiger partial charge in [-0.1, -0.05) is 13.8 Å². The number of carboxylic acid groups (broad SMARTS) is 1. The minimum absolute atomic E-state index is 0.0937. The van der Waals surface area contributed by atoms with E-state index in [0.717, 1.165) is 6.08 Å². The third-order valence-electron chi connectivity index (χ3n) is 1.97. The van der Waals surface area contributed by atoms with Crippen molar-refractivity contribution in [3.05, 3.63) is 29.8 Å². The van der Waals surface area contributed by atoms with Crippen LogP contribution in [0.15, 0.2) is 24.3 Å². The molecule has 0 bridgehead atoms. The molecule has 0 unspecified atom stereocenters. The Morgan fingerprint density at radius 2 is 2.18 bits per heavy atom. The van der Waals surface area contributed by atoms with E-state index in [4.69, 9.17) is 9.84 Å². The minimum Gasteiger partial charge on any atom is -0.508 e. The highest BCUT2D eigenvalue weighted by atomic mass is 16.5. The molecular formula is C13H16O4. The van der Waals surface area contributed by atoms with Crippen molar-refractivity contribution in [2.45, 2.75) is 13.8 Å². The Hall–Kier alpha value is -1.97. The highest BCUT2D eigenvalue weighted by molar-refractivity contribution is 5.86. The van der Waals surface area contributed by atoms with E-state index in [1.165, 1.54) is 18.2 Å². The van der Waals surface area contributed by atoms with Crippen LogP contribution in [0, 0.1) is 5.92 Å². The summed E-state index contributed by atoms with van der Waals surface area (Å²) in [6.45, 7) is 4.53. The molecular weight excluding hydrogens is 220 g/mol. The number of rotatable bonds is 5. The number of hydrogen-bond donors (Lipinski definition) is 2. The smallest absolute Gasteiger partial charge is 0.328 e. The summed E-state index contributed by atoms with van der Waals surface area (Å²) in [6.07, 6.45) is 2.48. The molecule has 0 aliphatic heterocycles. The standard InChI is InChI=1S/C13H16O4/c1-9(2)8-17-12-7-11(14)5-3-10(12)4-6-13(15)16/h3-7,9,14H,8H2,1-2H3,(H,15,16). The maximum absolute atomic E-state index is 10.4. The van der Waals surface area contributed by atoms with E-state index in [9.17, 15) is 9.90 Å². The van der Waals surface area contributed by atoms with Gasteiger partial charge >= 0.3 is 5.97 Å². The van der Waals surface area contributed by atoms with Crippen LogP contribution in [0.4, 0.5) is 0 Å². The van der Waals surface area contributed by atoms with Gasteiger partial charge in [0, 0.05) is 17.7 Å². The van der Waals surface area contributed by atoms with Crippen molar-refractivity contribution in [2.75, 3.05) is 6.61 Å². The Labute approximate surface area is 100 Å². The second-order valence-electron chi connectivity index (χ2n) is 4.10. The lowest BCUT2D eigenvalue weighted by molar-refractivity contribution is -0.131. The molecule has 0 fully saturated rings.